The molecule has 0 aromatic heterocycles. The first kappa shape index (κ1) is 25.7. The van der Waals surface area contributed by atoms with Crippen LogP contribution in [0.15, 0.2) is 35.7 Å². The topological polar surface area (TPSA) is 105 Å². The SMILES string of the molecule is CN/C=C(\C(=N)C(F)(F)F)c1ccc2c(c1)CCN2C(=N)C1=C(NC2CCOC2)CCN(C(C)=O)C1. The summed E-state index contributed by atoms with van der Waals surface area (Å²) in [6.07, 6.45) is -1.53. The molecular formula is C25H31F3N6O2. The lowest BCUT2D eigenvalue weighted by Crippen LogP contribution is -2.44. The zero-order valence-electron chi connectivity index (χ0n) is 20.4. The van der Waals surface area contributed by atoms with Gasteiger partial charge in [0.05, 0.1) is 19.2 Å². The van der Waals surface area contributed by atoms with E-state index in [2.05, 4.69) is 10.6 Å². The fourth-order valence-electron chi connectivity index (χ4n) is 4.86. The van der Waals surface area contributed by atoms with Gasteiger partial charge in [-0.15, -0.1) is 0 Å². The molecule has 0 radical (unpaired) electrons. The summed E-state index contributed by atoms with van der Waals surface area (Å²) in [5.41, 5.74) is 1.89. The lowest BCUT2D eigenvalue weighted by atomic mass is 9.98. The number of nitrogens with one attached hydrogen (secondary N) is 4. The Morgan fingerprint density at radius 3 is 2.64 bits per heavy atom. The second kappa shape index (κ2) is 10.3. The molecule has 1 atom stereocenters. The standard InChI is InChI=1S/C25H31F3N6O2/c1-15(35)33-8-6-21(32-18-7-10-36-14-18)20(13-33)24(30)34-9-5-17-11-16(3-4-22(17)34)19(12-31-2)23(29)25(26,27)28/h3-4,11-12,18,29-32H,5-10,13-14H2,1-2H3/b19-12-,29-23?,30-24?. The molecule has 0 bridgehead atoms. The van der Waals surface area contributed by atoms with Crippen LogP contribution in [-0.2, 0) is 16.0 Å². The number of carbonyl (C=O) groups excluding carboxylic acids is 1. The molecule has 0 saturated carbocycles. The van der Waals surface area contributed by atoms with Crippen molar-refractivity contribution in [3.8, 4) is 0 Å². The molecule has 36 heavy (non-hydrogen) atoms. The molecule has 0 spiro atoms. The first-order chi connectivity index (χ1) is 17.1. The van der Waals surface area contributed by atoms with Gasteiger partial charge in [0.1, 0.15) is 11.5 Å². The number of benzene rings is 1. The predicted molar refractivity (Wildman–Crippen MR) is 132 cm³/mol. The lowest BCUT2D eigenvalue weighted by molar-refractivity contribution is -0.128. The normalized spacial score (nSPS) is 20.5. The van der Waals surface area contributed by atoms with Gasteiger partial charge in [-0.2, -0.15) is 13.2 Å². The van der Waals surface area contributed by atoms with Crippen molar-refractivity contribution in [2.75, 3.05) is 44.8 Å². The Labute approximate surface area is 208 Å². The molecule has 1 aromatic carbocycles. The molecule has 0 aliphatic carbocycles. The molecule has 1 aromatic rings. The number of alkyl halides is 3. The van der Waals surface area contributed by atoms with E-state index in [0.717, 1.165) is 28.9 Å². The van der Waals surface area contributed by atoms with Crippen LogP contribution in [0.5, 0.6) is 0 Å². The highest BCUT2D eigenvalue weighted by atomic mass is 19.4. The molecule has 1 fully saturated rings. The van der Waals surface area contributed by atoms with E-state index in [4.69, 9.17) is 15.6 Å². The Morgan fingerprint density at radius 2 is 2.00 bits per heavy atom. The number of hydrogen-bond donors (Lipinski definition) is 4. The summed E-state index contributed by atoms with van der Waals surface area (Å²) in [5.74, 6) is 0.230. The maximum absolute atomic E-state index is 13.3. The number of amidine groups is 1. The Balaban J connectivity index is 1.63. The second-order valence-corrected chi connectivity index (χ2v) is 9.17. The third-order valence-corrected chi connectivity index (χ3v) is 6.78. The highest BCUT2D eigenvalue weighted by Gasteiger charge is 2.38. The van der Waals surface area contributed by atoms with Crippen LogP contribution in [0.2, 0.25) is 0 Å². The molecule has 3 aliphatic rings. The van der Waals surface area contributed by atoms with Crippen LogP contribution in [-0.4, -0.2) is 74.5 Å². The number of nitrogens with zero attached hydrogens (tertiary/aromatic N) is 2. The fraction of sp³-hybridized carbons (Fsp3) is 0.480. The van der Waals surface area contributed by atoms with Crippen LogP contribution in [0, 0.1) is 10.8 Å². The molecule has 194 valence electrons. The van der Waals surface area contributed by atoms with Crippen LogP contribution in [0.25, 0.3) is 5.57 Å². The summed E-state index contributed by atoms with van der Waals surface area (Å²) in [7, 11) is 1.49. The van der Waals surface area contributed by atoms with Crippen LogP contribution in [0.1, 0.15) is 30.9 Å². The first-order valence-electron chi connectivity index (χ1n) is 11.9. The number of carbonyl (C=O) groups is 1. The van der Waals surface area contributed by atoms with Gasteiger partial charge in [-0.3, -0.25) is 15.6 Å². The minimum atomic E-state index is -4.76. The number of anilines is 1. The van der Waals surface area contributed by atoms with Crippen molar-refractivity contribution in [2.45, 2.75) is 38.4 Å². The smallest absolute Gasteiger partial charge is 0.393 e. The Kier molecular flexibility index (Phi) is 7.39. The largest absolute Gasteiger partial charge is 0.433 e. The van der Waals surface area contributed by atoms with E-state index < -0.39 is 11.9 Å². The van der Waals surface area contributed by atoms with Crippen molar-refractivity contribution in [1.29, 1.82) is 10.8 Å². The number of halogens is 3. The lowest BCUT2D eigenvalue weighted by Gasteiger charge is -2.34. The molecule has 1 amide bonds. The summed E-state index contributed by atoms with van der Waals surface area (Å²) in [6.45, 7) is 4.22. The van der Waals surface area contributed by atoms with E-state index in [1.165, 1.54) is 20.2 Å². The minimum Gasteiger partial charge on any atom is -0.393 e. The Bertz CT molecular complexity index is 1120. The highest BCUT2D eigenvalue weighted by Crippen LogP contribution is 2.35. The van der Waals surface area contributed by atoms with Crippen LogP contribution in [0.3, 0.4) is 0 Å². The zero-order valence-corrected chi connectivity index (χ0v) is 20.4. The molecule has 4 rings (SSSR count). The number of allylic oxidation sites excluding steroid dienone is 1. The summed E-state index contributed by atoms with van der Waals surface area (Å²) in [4.78, 5) is 15.7. The zero-order chi connectivity index (χ0) is 26.0. The van der Waals surface area contributed by atoms with E-state index in [-0.39, 0.29) is 23.4 Å². The van der Waals surface area contributed by atoms with Crippen molar-refractivity contribution in [1.82, 2.24) is 15.5 Å². The molecule has 11 heteroatoms. The van der Waals surface area contributed by atoms with Crippen LogP contribution >= 0.6 is 0 Å². The summed E-state index contributed by atoms with van der Waals surface area (Å²) >= 11 is 0. The molecule has 3 heterocycles. The van der Waals surface area contributed by atoms with Gasteiger partial charge < -0.3 is 25.2 Å². The molecule has 3 aliphatic heterocycles. The average Bonchev–Trinajstić information content (AvgIpc) is 3.50. The van der Waals surface area contributed by atoms with Gasteiger partial charge >= 0.3 is 6.18 Å². The van der Waals surface area contributed by atoms with Crippen LogP contribution in [0.4, 0.5) is 18.9 Å². The van der Waals surface area contributed by atoms with Gasteiger partial charge in [0.15, 0.2) is 0 Å². The average molecular weight is 505 g/mol. The fourth-order valence-corrected chi connectivity index (χ4v) is 4.86. The van der Waals surface area contributed by atoms with Gasteiger partial charge in [0.2, 0.25) is 5.91 Å². The van der Waals surface area contributed by atoms with Gasteiger partial charge in [-0.1, -0.05) is 6.07 Å². The van der Waals surface area contributed by atoms with Crippen molar-refractivity contribution in [3.05, 3.63) is 46.8 Å². The highest BCUT2D eigenvalue weighted by molar-refractivity contribution is 6.25. The molecule has 4 N–H and O–H groups in total. The minimum absolute atomic E-state index is 0.0500. The van der Waals surface area contributed by atoms with E-state index in [9.17, 15) is 18.0 Å². The molecule has 1 saturated heterocycles. The van der Waals surface area contributed by atoms with Crippen LogP contribution < -0.4 is 15.5 Å². The number of hydrogen-bond acceptors (Lipinski definition) is 6. The van der Waals surface area contributed by atoms with Crippen molar-refractivity contribution >= 4 is 28.7 Å². The third kappa shape index (κ3) is 5.25. The van der Waals surface area contributed by atoms with E-state index in [0.29, 0.717) is 51.3 Å². The number of rotatable bonds is 6. The summed E-state index contributed by atoms with van der Waals surface area (Å²) in [6, 6.07) is 5.10. The van der Waals surface area contributed by atoms with E-state index in [1.54, 1.807) is 23.1 Å². The van der Waals surface area contributed by atoms with E-state index >= 15 is 0 Å². The van der Waals surface area contributed by atoms with E-state index in [1.807, 2.05) is 4.90 Å². The molecule has 8 nitrogen and oxygen atoms in total. The summed E-state index contributed by atoms with van der Waals surface area (Å²) in [5, 5.41) is 22.8. The van der Waals surface area contributed by atoms with Gasteiger partial charge in [-0.25, -0.2) is 0 Å². The number of ether oxygens (including phenoxy) is 1. The van der Waals surface area contributed by atoms with Gasteiger partial charge in [0.25, 0.3) is 0 Å². The monoisotopic (exact) mass is 504 g/mol. The van der Waals surface area contributed by atoms with Gasteiger partial charge in [0, 0.05) is 68.8 Å². The molecular weight excluding hydrogens is 473 g/mol. The van der Waals surface area contributed by atoms with Crippen molar-refractivity contribution in [3.63, 3.8) is 0 Å². The Morgan fingerprint density at radius 1 is 1.22 bits per heavy atom. The maximum atomic E-state index is 13.3. The Hall–Kier alpha value is -3.34. The van der Waals surface area contributed by atoms with Crippen molar-refractivity contribution in [2.24, 2.45) is 0 Å². The van der Waals surface area contributed by atoms with Gasteiger partial charge in [-0.05, 0) is 36.1 Å². The predicted octanol–water partition coefficient (Wildman–Crippen LogP) is 3.05. The maximum Gasteiger partial charge on any atom is 0.433 e. The quantitative estimate of drug-likeness (QED) is 0.352. The molecule has 1 unspecified atom stereocenters. The van der Waals surface area contributed by atoms with Crippen molar-refractivity contribution < 1.29 is 22.7 Å². The third-order valence-electron chi connectivity index (χ3n) is 6.78. The first-order valence-corrected chi connectivity index (χ1v) is 11.9. The second-order valence-electron chi connectivity index (χ2n) is 9.17. The summed E-state index contributed by atoms with van der Waals surface area (Å²) < 4.78 is 45.2. The number of fused-ring (bicyclic) bond motifs is 1. The number of amides is 1.